The molecule has 0 aliphatic rings. The molecule has 0 saturated carbocycles. The quantitative estimate of drug-likeness (QED) is 0.649. The molecule has 2 rings (SSSR count). The lowest BCUT2D eigenvalue weighted by molar-refractivity contribution is -0.120. The van der Waals surface area contributed by atoms with Gasteiger partial charge in [-0.3, -0.25) is 14.6 Å². The average Bonchev–Trinajstić information content (AvgIpc) is 2.53. The summed E-state index contributed by atoms with van der Waals surface area (Å²) in [6, 6.07) is 10.1. The Kier molecular flexibility index (Phi) is 5.62. The van der Waals surface area contributed by atoms with Gasteiger partial charge in [0.25, 0.3) is 11.8 Å². The number of nitrogens with zero attached hydrogens (tertiary/aromatic N) is 2. The van der Waals surface area contributed by atoms with Crippen LogP contribution in [0.5, 0.6) is 0 Å². The number of hydrogen-bond donors (Lipinski definition) is 2. The van der Waals surface area contributed by atoms with E-state index in [0.29, 0.717) is 10.6 Å². The Morgan fingerprint density at radius 2 is 2.00 bits per heavy atom. The fourth-order valence-electron chi connectivity index (χ4n) is 1.57. The molecule has 0 fully saturated rings. The lowest BCUT2D eigenvalue weighted by Gasteiger charge is -2.03. The van der Waals surface area contributed by atoms with Crippen molar-refractivity contribution in [3.8, 4) is 0 Å². The molecule has 2 N–H and O–H groups in total. The van der Waals surface area contributed by atoms with Gasteiger partial charge in [-0.25, -0.2) is 5.43 Å². The van der Waals surface area contributed by atoms with Gasteiger partial charge in [0.05, 0.1) is 12.8 Å². The van der Waals surface area contributed by atoms with Crippen LogP contribution in [0, 0.1) is 0 Å². The summed E-state index contributed by atoms with van der Waals surface area (Å²) in [4.78, 5) is 27.1. The van der Waals surface area contributed by atoms with Crippen LogP contribution in [0.15, 0.2) is 53.9 Å². The van der Waals surface area contributed by atoms with Gasteiger partial charge in [-0.2, -0.15) is 5.10 Å². The minimum atomic E-state index is -0.430. The van der Waals surface area contributed by atoms with Gasteiger partial charge in [-0.1, -0.05) is 23.7 Å². The van der Waals surface area contributed by atoms with E-state index in [1.54, 1.807) is 36.4 Å². The van der Waals surface area contributed by atoms with E-state index in [2.05, 4.69) is 20.8 Å². The number of amides is 2. The normalized spacial score (nSPS) is 10.4. The zero-order chi connectivity index (χ0) is 15.8. The van der Waals surface area contributed by atoms with Crippen molar-refractivity contribution in [2.75, 3.05) is 6.54 Å². The molecular formula is C15H13ClN4O2. The first kappa shape index (κ1) is 15.7. The number of carbonyl (C=O) groups excluding carboxylic acids is 2. The predicted octanol–water partition coefficient (Wildman–Crippen LogP) is 1.62. The maximum atomic E-state index is 11.7. The van der Waals surface area contributed by atoms with Crippen LogP contribution < -0.4 is 10.7 Å². The highest BCUT2D eigenvalue weighted by Crippen LogP contribution is 2.08. The summed E-state index contributed by atoms with van der Waals surface area (Å²) < 4.78 is 0. The number of pyridine rings is 1. The fourth-order valence-corrected chi connectivity index (χ4v) is 1.77. The Hall–Kier alpha value is -2.73. The Morgan fingerprint density at radius 3 is 2.73 bits per heavy atom. The Labute approximate surface area is 132 Å². The summed E-state index contributed by atoms with van der Waals surface area (Å²) in [7, 11) is 0. The molecule has 1 aromatic heterocycles. The van der Waals surface area contributed by atoms with E-state index < -0.39 is 5.91 Å². The van der Waals surface area contributed by atoms with E-state index in [9.17, 15) is 9.59 Å². The SMILES string of the molecule is O=C(CNC(=O)c1ccncc1)N/N=C\c1cccc(Cl)c1. The topological polar surface area (TPSA) is 83.5 Å². The second-order valence-electron chi connectivity index (χ2n) is 4.27. The summed E-state index contributed by atoms with van der Waals surface area (Å²) in [6.45, 7) is -0.173. The smallest absolute Gasteiger partial charge is 0.259 e. The van der Waals surface area contributed by atoms with Crippen molar-refractivity contribution < 1.29 is 9.59 Å². The maximum absolute atomic E-state index is 11.7. The van der Waals surface area contributed by atoms with Crippen LogP contribution in [0.1, 0.15) is 15.9 Å². The zero-order valence-corrected chi connectivity index (χ0v) is 12.2. The molecule has 0 aliphatic carbocycles. The van der Waals surface area contributed by atoms with Crippen LogP contribution in [0.3, 0.4) is 0 Å². The molecule has 22 heavy (non-hydrogen) atoms. The molecule has 7 heteroatoms. The number of rotatable bonds is 5. The monoisotopic (exact) mass is 316 g/mol. The molecule has 0 atom stereocenters. The van der Waals surface area contributed by atoms with Crippen LogP contribution >= 0.6 is 11.6 Å². The number of aromatic nitrogens is 1. The van der Waals surface area contributed by atoms with Crippen LogP contribution in [0.2, 0.25) is 5.02 Å². The van der Waals surface area contributed by atoms with Crippen molar-refractivity contribution in [2.24, 2.45) is 5.10 Å². The van der Waals surface area contributed by atoms with E-state index in [1.165, 1.54) is 18.6 Å². The van der Waals surface area contributed by atoms with Gasteiger partial charge in [0, 0.05) is 23.0 Å². The van der Waals surface area contributed by atoms with Gasteiger partial charge in [0.2, 0.25) is 0 Å². The average molecular weight is 317 g/mol. The van der Waals surface area contributed by atoms with E-state index in [4.69, 9.17) is 11.6 Å². The molecule has 1 aromatic carbocycles. The molecule has 0 saturated heterocycles. The molecule has 112 valence electrons. The van der Waals surface area contributed by atoms with E-state index in [0.717, 1.165) is 5.56 Å². The first-order valence-electron chi connectivity index (χ1n) is 6.41. The van der Waals surface area contributed by atoms with E-state index in [-0.39, 0.29) is 12.5 Å². The lowest BCUT2D eigenvalue weighted by Crippen LogP contribution is -2.34. The van der Waals surface area contributed by atoms with Crippen LogP contribution in [0.4, 0.5) is 0 Å². The zero-order valence-electron chi connectivity index (χ0n) is 11.5. The van der Waals surface area contributed by atoms with Gasteiger partial charge in [0.15, 0.2) is 0 Å². The molecular weight excluding hydrogens is 304 g/mol. The summed E-state index contributed by atoms with van der Waals surface area (Å²) >= 11 is 5.83. The minimum absolute atomic E-state index is 0.173. The van der Waals surface area contributed by atoms with Crippen molar-refractivity contribution in [2.45, 2.75) is 0 Å². The minimum Gasteiger partial charge on any atom is -0.343 e. The second-order valence-corrected chi connectivity index (χ2v) is 4.70. The number of halogens is 1. The molecule has 0 radical (unpaired) electrons. The van der Waals surface area contributed by atoms with Crippen LogP contribution in [-0.4, -0.2) is 29.6 Å². The molecule has 0 aliphatic heterocycles. The van der Waals surface area contributed by atoms with Crippen molar-refractivity contribution in [1.29, 1.82) is 0 Å². The molecule has 2 amide bonds. The largest absolute Gasteiger partial charge is 0.343 e. The molecule has 0 spiro atoms. The van der Waals surface area contributed by atoms with Crippen LogP contribution in [-0.2, 0) is 4.79 Å². The van der Waals surface area contributed by atoms with Crippen molar-refractivity contribution in [1.82, 2.24) is 15.7 Å². The summed E-state index contributed by atoms with van der Waals surface area (Å²) in [5.74, 6) is -0.781. The van der Waals surface area contributed by atoms with Crippen molar-refractivity contribution in [3.05, 3.63) is 64.9 Å². The third-order valence-electron chi connectivity index (χ3n) is 2.60. The molecule has 2 aromatic rings. The van der Waals surface area contributed by atoms with Gasteiger partial charge < -0.3 is 5.32 Å². The summed E-state index contributed by atoms with van der Waals surface area (Å²) in [5, 5.41) is 6.85. The number of carbonyl (C=O) groups is 2. The molecule has 0 bridgehead atoms. The third kappa shape index (κ3) is 4.99. The highest BCUT2D eigenvalue weighted by molar-refractivity contribution is 6.30. The fraction of sp³-hybridized carbons (Fsp3) is 0.0667. The van der Waals surface area contributed by atoms with Crippen molar-refractivity contribution in [3.63, 3.8) is 0 Å². The second kappa shape index (κ2) is 7.90. The number of nitrogens with one attached hydrogen (secondary N) is 2. The Morgan fingerprint density at radius 1 is 1.23 bits per heavy atom. The van der Waals surface area contributed by atoms with Gasteiger partial charge >= 0.3 is 0 Å². The van der Waals surface area contributed by atoms with E-state index >= 15 is 0 Å². The van der Waals surface area contributed by atoms with Crippen LogP contribution in [0.25, 0.3) is 0 Å². The van der Waals surface area contributed by atoms with Crippen molar-refractivity contribution >= 4 is 29.6 Å². The molecule has 1 heterocycles. The first-order chi connectivity index (χ1) is 10.6. The first-order valence-corrected chi connectivity index (χ1v) is 6.78. The predicted molar refractivity (Wildman–Crippen MR) is 83.8 cm³/mol. The third-order valence-corrected chi connectivity index (χ3v) is 2.84. The van der Waals surface area contributed by atoms with Gasteiger partial charge in [0.1, 0.15) is 0 Å². The summed E-state index contributed by atoms with van der Waals surface area (Å²) in [6.07, 6.45) is 4.48. The Bertz CT molecular complexity index is 689. The highest BCUT2D eigenvalue weighted by atomic mass is 35.5. The Balaban J connectivity index is 1.77. The highest BCUT2D eigenvalue weighted by Gasteiger charge is 2.06. The molecule has 6 nitrogen and oxygen atoms in total. The van der Waals surface area contributed by atoms with E-state index in [1.807, 2.05) is 0 Å². The summed E-state index contributed by atoms with van der Waals surface area (Å²) in [5.41, 5.74) is 3.51. The number of hydrogen-bond acceptors (Lipinski definition) is 4. The van der Waals surface area contributed by atoms with Gasteiger partial charge in [-0.05, 0) is 29.8 Å². The molecule has 0 unspecified atom stereocenters. The lowest BCUT2D eigenvalue weighted by atomic mass is 10.2. The maximum Gasteiger partial charge on any atom is 0.259 e. The number of benzene rings is 1. The standard InChI is InChI=1S/C15H13ClN4O2/c16-13-3-1-2-11(8-13)9-19-20-14(21)10-18-15(22)12-4-6-17-7-5-12/h1-9H,10H2,(H,18,22)(H,20,21)/b19-9-. The van der Waals surface area contributed by atoms with Gasteiger partial charge in [-0.15, -0.1) is 0 Å². The number of hydrazone groups is 1.